The number of nitrogens with one attached hydrogen (secondary N) is 1. The summed E-state index contributed by atoms with van der Waals surface area (Å²) >= 11 is 1.49. The second kappa shape index (κ2) is 8.50. The molecule has 0 bridgehead atoms. The van der Waals surface area contributed by atoms with Gasteiger partial charge in [0.05, 0.1) is 11.5 Å². The highest BCUT2D eigenvalue weighted by molar-refractivity contribution is 7.16. The predicted octanol–water partition coefficient (Wildman–Crippen LogP) is 4.12. The summed E-state index contributed by atoms with van der Waals surface area (Å²) in [6.07, 6.45) is 10.7. The molecule has 2 aliphatic rings. The van der Waals surface area contributed by atoms with Crippen LogP contribution in [0.5, 0.6) is 0 Å². The number of amides is 1. The van der Waals surface area contributed by atoms with Gasteiger partial charge in [0.2, 0.25) is 0 Å². The molecule has 1 aromatic rings. The van der Waals surface area contributed by atoms with Crippen LogP contribution in [0, 0.1) is 17.2 Å². The van der Waals surface area contributed by atoms with Crippen LogP contribution in [-0.2, 0) is 27.2 Å². The number of esters is 1. The lowest BCUT2D eigenvalue weighted by molar-refractivity contribution is -0.157. The van der Waals surface area contributed by atoms with Gasteiger partial charge in [-0.3, -0.25) is 9.59 Å². The third kappa shape index (κ3) is 4.16. The first-order valence-electron chi connectivity index (χ1n) is 9.31. The highest BCUT2D eigenvalue weighted by Gasteiger charge is 2.27. The Morgan fingerprint density at radius 2 is 2.12 bits per heavy atom. The van der Waals surface area contributed by atoms with Crippen LogP contribution in [0.2, 0.25) is 0 Å². The van der Waals surface area contributed by atoms with Crippen molar-refractivity contribution in [3.63, 3.8) is 0 Å². The molecular weight excluding hydrogens is 348 g/mol. The molecule has 0 saturated heterocycles. The fraction of sp³-hybridized carbons (Fsp3) is 0.550. The molecule has 0 fully saturated rings. The molecule has 0 saturated carbocycles. The molecule has 3 rings (SSSR count). The van der Waals surface area contributed by atoms with E-state index in [1.54, 1.807) is 6.92 Å². The van der Waals surface area contributed by atoms with Crippen molar-refractivity contribution in [3.8, 4) is 6.07 Å². The van der Waals surface area contributed by atoms with Gasteiger partial charge in [-0.1, -0.05) is 18.6 Å². The number of nitrogens with zero attached hydrogens (tertiary/aromatic N) is 1. The minimum atomic E-state index is -0.873. The molecule has 0 spiro atoms. The number of hydrogen-bond donors (Lipinski definition) is 1. The zero-order valence-electron chi connectivity index (χ0n) is 15.0. The smallest absolute Gasteiger partial charge is 0.310 e. The second-order valence-corrected chi connectivity index (χ2v) is 8.04. The van der Waals surface area contributed by atoms with Crippen LogP contribution in [0.25, 0.3) is 0 Å². The monoisotopic (exact) mass is 372 g/mol. The molecule has 1 aromatic heterocycles. The van der Waals surface area contributed by atoms with E-state index in [1.807, 2.05) is 6.08 Å². The van der Waals surface area contributed by atoms with Crippen LogP contribution in [0.4, 0.5) is 5.00 Å². The Balaban J connectivity index is 1.65. The number of anilines is 1. The first kappa shape index (κ1) is 18.7. The Morgan fingerprint density at radius 3 is 2.85 bits per heavy atom. The molecule has 6 heteroatoms. The molecule has 5 nitrogen and oxygen atoms in total. The van der Waals surface area contributed by atoms with Crippen LogP contribution in [0.1, 0.15) is 61.5 Å². The predicted molar refractivity (Wildman–Crippen MR) is 101 cm³/mol. The van der Waals surface area contributed by atoms with Crippen LogP contribution in [0.15, 0.2) is 12.2 Å². The van der Waals surface area contributed by atoms with Gasteiger partial charge in [-0.2, -0.15) is 5.26 Å². The average molecular weight is 372 g/mol. The molecule has 1 amide bonds. The van der Waals surface area contributed by atoms with E-state index in [0.717, 1.165) is 44.1 Å². The first-order valence-corrected chi connectivity index (χ1v) is 10.1. The maximum absolute atomic E-state index is 12.5. The maximum atomic E-state index is 12.5. The summed E-state index contributed by atoms with van der Waals surface area (Å²) in [5, 5.41) is 12.9. The van der Waals surface area contributed by atoms with Crippen molar-refractivity contribution >= 4 is 28.2 Å². The van der Waals surface area contributed by atoms with E-state index in [4.69, 9.17) is 4.74 Å². The van der Waals surface area contributed by atoms with E-state index < -0.39 is 6.10 Å². The lowest BCUT2D eigenvalue weighted by atomic mass is 9.95. The summed E-state index contributed by atoms with van der Waals surface area (Å²) in [4.78, 5) is 25.9. The van der Waals surface area contributed by atoms with Crippen molar-refractivity contribution in [2.75, 3.05) is 5.32 Å². The van der Waals surface area contributed by atoms with Crippen LogP contribution >= 0.6 is 11.3 Å². The van der Waals surface area contributed by atoms with Gasteiger partial charge in [0, 0.05) is 4.88 Å². The molecule has 26 heavy (non-hydrogen) atoms. The zero-order chi connectivity index (χ0) is 18.5. The molecule has 138 valence electrons. The first-order chi connectivity index (χ1) is 12.6. The maximum Gasteiger partial charge on any atom is 0.310 e. The minimum absolute atomic E-state index is 0.164. The van der Waals surface area contributed by atoms with Gasteiger partial charge in [0.15, 0.2) is 6.10 Å². The summed E-state index contributed by atoms with van der Waals surface area (Å²) < 4.78 is 5.36. The van der Waals surface area contributed by atoms with Crippen LogP contribution < -0.4 is 5.32 Å². The Bertz CT molecular complexity index is 760. The summed E-state index contributed by atoms with van der Waals surface area (Å²) in [7, 11) is 0. The minimum Gasteiger partial charge on any atom is -0.452 e. The summed E-state index contributed by atoms with van der Waals surface area (Å²) in [6, 6.07) is 2.25. The van der Waals surface area contributed by atoms with Gasteiger partial charge in [-0.15, -0.1) is 11.3 Å². The van der Waals surface area contributed by atoms with Gasteiger partial charge in [0.25, 0.3) is 5.91 Å². The summed E-state index contributed by atoms with van der Waals surface area (Å²) in [5.74, 6) is -0.861. The van der Waals surface area contributed by atoms with Gasteiger partial charge in [-0.25, -0.2) is 0 Å². The average Bonchev–Trinajstić information content (AvgIpc) is 2.81. The molecule has 2 aliphatic carbocycles. The molecular formula is C20H24N2O3S. The van der Waals surface area contributed by atoms with Crippen molar-refractivity contribution in [3.05, 3.63) is 28.2 Å². The molecule has 0 unspecified atom stereocenters. The van der Waals surface area contributed by atoms with Gasteiger partial charge in [-0.05, 0) is 57.4 Å². The van der Waals surface area contributed by atoms with Crippen molar-refractivity contribution in [1.82, 2.24) is 0 Å². The number of carbonyl (C=O) groups is 2. The van der Waals surface area contributed by atoms with E-state index in [-0.39, 0.29) is 17.8 Å². The molecule has 1 N–H and O–H groups in total. The van der Waals surface area contributed by atoms with Crippen molar-refractivity contribution in [2.45, 2.75) is 64.4 Å². The van der Waals surface area contributed by atoms with Crippen molar-refractivity contribution in [1.29, 1.82) is 5.26 Å². The molecule has 0 aliphatic heterocycles. The number of thiophene rings is 1. The zero-order valence-corrected chi connectivity index (χ0v) is 15.9. The van der Waals surface area contributed by atoms with E-state index in [2.05, 4.69) is 17.5 Å². The Morgan fingerprint density at radius 1 is 1.31 bits per heavy atom. The molecule has 0 aromatic carbocycles. The summed E-state index contributed by atoms with van der Waals surface area (Å²) in [6.45, 7) is 1.58. The number of hydrogen-bond acceptors (Lipinski definition) is 5. The SMILES string of the molecule is C[C@H](OC(=O)[C@H]1CC=CCC1)C(=O)Nc1sc2c(c1C#N)CCCCC2. The fourth-order valence-corrected chi connectivity index (χ4v) is 4.74. The van der Waals surface area contributed by atoms with E-state index in [1.165, 1.54) is 22.6 Å². The number of fused-ring (bicyclic) bond motifs is 1. The van der Waals surface area contributed by atoms with E-state index >= 15 is 0 Å². The lowest BCUT2D eigenvalue weighted by Gasteiger charge is -2.19. The highest BCUT2D eigenvalue weighted by atomic mass is 32.1. The van der Waals surface area contributed by atoms with Crippen molar-refractivity contribution < 1.29 is 14.3 Å². The lowest BCUT2D eigenvalue weighted by Crippen LogP contribution is -2.32. The molecule has 2 atom stereocenters. The Kier molecular flexibility index (Phi) is 6.10. The number of allylic oxidation sites excluding steroid dienone is 2. The normalized spacial score (nSPS) is 20.4. The van der Waals surface area contributed by atoms with Gasteiger partial charge < -0.3 is 10.1 Å². The summed E-state index contributed by atoms with van der Waals surface area (Å²) in [5.41, 5.74) is 1.67. The standard InChI is InChI=1S/C20H24N2O3S/c1-13(25-20(24)14-8-4-2-5-9-14)18(23)22-19-16(12-21)15-10-6-3-7-11-17(15)26-19/h2,4,13-14H,3,5-11H2,1H3,(H,22,23)/t13-,14-/m0/s1. The van der Waals surface area contributed by atoms with Crippen LogP contribution in [0.3, 0.4) is 0 Å². The van der Waals surface area contributed by atoms with Gasteiger partial charge in [0.1, 0.15) is 11.1 Å². The highest BCUT2D eigenvalue weighted by Crippen LogP contribution is 2.37. The number of carbonyl (C=O) groups excluding carboxylic acids is 2. The Labute approximate surface area is 158 Å². The number of ether oxygens (including phenoxy) is 1. The fourth-order valence-electron chi connectivity index (χ4n) is 3.49. The van der Waals surface area contributed by atoms with E-state index in [0.29, 0.717) is 17.0 Å². The third-order valence-electron chi connectivity index (χ3n) is 5.03. The Hall–Kier alpha value is -2.13. The largest absolute Gasteiger partial charge is 0.452 e. The number of nitriles is 1. The third-order valence-corrected chi connectivity index (χ3v) is 6.24. The molecule has 0 radical (unpaired) electrons. The number of aryl methyl sites for hydroxylation is 1. The molecule has 1 heterocycles. The topological polar surface area (TPSA) is 79.2 Å². The second-order valence-electron chi connectivity index (χ2n) is 6.93. The number of rotatable bonds is 4. The van der Waals surface area contributed by atoms with Gasteiger partial charge >= 0.3 is 5.97 Å². The van der Waals surface area contributed by atoms with E-state index in [9.17, 15) is 14.9 Å². The quantitative estimate of drug-likeness (QED) is 0.490. The van der Waals surface area contributed by atoms with Crippen molar-refractivity contribution in [2.24, 2.45) is 5.92 Å². The van der Waals surface area contributed by atoms with Crippen LogP contribution in [-0.4, -0.2) is 18.0 Å².